The van der Waals surface area contributed by atoms with E-state index in [1.807, 2.05) is 35.6 Å². The monoisotopic (exact) mass is 423 g/mol. The minimum atomic E-state index is -0.0340. The Morgan fingerprint density at radius 3 is 2.84 bits per heavy atom. The number of methoxy groups -OCH3 is 1. The maximum atomic E-state index is 13.5. The highest BCUT2D eigenvalue weighted by Gasteiger charge is 2.28. The van der Waals surface area contributed by atoms with Crippen molar-refractivity contribution in [1.29, 1.82) is 0 Å². The summed E-state index contributed by atoms with van der Waals surface area (Å²) in [5.41, 5.74) is 3.23. The van der Waals surface area contributed by atoms with Gasteiger partial charge >= 0.3 is 0 Å². The molecular formula is C23H27N4O4+. The summed E-state index contributed by atoms with van der Waals surface area (Å²) in [7, 11) is 1.60. The van der Waals surface area contributed by atoms with Gasteiger partial charge in [0, 0.05) is 18.7 Å². The Hall–Kier alpha value is -2.94. The molecule has 3 heterocycles. The van der Waals surface area contributed by atoms with Gasteiger partial charge in [-0.15, -0.1) is 0 Å². The maximum Gasteiger partial charge on any atom is 0.199 e. The van der Waals surface area contributed by atoms with Gasteiger partial charge in [0.2, 0.25) is 0 Å². The smallest absolute Gasteiger partial charge is 0.199 e. The second-order valence-electron chi connectivity index (χ2n) is 8.22. The molecule has 2 aromatic heterocycles. The number of imidazole rings is 1. The minimum Gasteiger partial charge on any atom is -0.497 e. The molecule has 0 atom stereocenters. The van der Waals surface area contributed by atoms with Crippen LogP contribution < -0.4 is 15.5 Å². The third-order valence-corrected chi connectivity index (χ3v) is 6.27. The first-order valence-corrected chi connectivity index (χ1v) is 10.7. The molecule has 1 aliphatic heterocycles. The molecule has 2 N–H and O–H groups in total. The van der Waals surface area contributed by atoms with Crippen LogP contribution in [-0.2, 0) is 4.74 Å². The van der Waals surface area contributed by atoms with Crippen LogP contribution in [0, 0.1) is 6.92 Å². The zero-order chi connectivity index (χ0) is 21.6. The Morgan fingerprint density at radius 2 is 2.06 bits per heavy atom. The van der Waals surface area contributed by atoms with Crippen molar-refractivity contribution in [2.45, 2.75) is 13.3 Å². The number of nitrogens with one attached hydrogen (secondary N) is 1. The molecule has 1 saturated heterocycles. The van der Waals surface area contributed by atoms with E-state index in [2.05, 4.69) is 10.3 Å². The van der Waals surface area contributed by atoms with Crippen molar-refractivity contribution in [3.8, 4) is 5.75 Å². The highest BCUT2D eigenvalue weighted by molar-refractivity contribution is 6.07. The second kappa shape index (κ2) is 7.64. The van der Waals surface area contributed by atoms with Crippen LogP contribution in [0.25, 0.3) is 27.3 Å². The van der Waals surface area contributed by atoms with E-state index >= 15 is 0 Å². The molecule has 1 aliphatic rings. The predicted molar refractivity (Wildman–Crippen MR) is 120 cm³/mol. The van der Waals surface area contributed by atoms with Crippen molar-refractivity contribution in [2.24, 2.45) is 0 Å². The van der Waals surface area contributed by atoms with E-state index in [0.29, 0.717) is 55.9 Å². The second-order valence-corrected chi connectivity index (χ2v) is 8.22. The largest absolute Gasteiger partial charge is 0.497 e. The molecule has 0 amide bonds. The first-order valence-electron chi connectivity index (χ1n) is 10.7. The van der Waals surface area contributed by atoms with Crippen LogP contribution in [0.2, 0.25) is 0 Å². The number of rotatable bonds is 6. The molecular weight excluding hydrogens is 396 g/mol. The number of hydrogen-bond donors (Lipinski definition) is 2. The van der Waals surface area contributed by atoms with Crippen molar-refractivity contribution >= 4 is 33.0 Å². The molecule has 0 radical (unpaired) electrons. The number of quaternary nitrogens is 1. The van der Waals surface area contributed by atoms with E-state index in [1.54, 1.807) is 13.2 Å². The van der Waals surface area contributed by atoms with Crippen molar-refractivity contribution < 1.29 is 19.3 Å². The quantitative estimate of drug-likeness (QED) is 0.282. The summed E-state index contributed by atoms with van der Waals surface area (Å²) in [6.45, 7) is 5.67. The van der Waals surface area contributed by atoms with Crippen LogP contribution in [0.4, 0.5) is 5.69 Å². The summed E-state index contributed by atoms with van der Waals surface area (Å²) in [4.78, 5) is 18.2. The summed E-state index contributed by atoms with van der Waals surface area (Å²) in [5.74, 6) is 1.49. The van der Waals surface area contributed by atoms with Gasteiger partial charge in [0.1, 0.15) is 31.2 Å². The fourth-order valence-electron chi connectivity index (χ4n) is 4.61. The lowest BCUT2D eigenvalue weighted by Crippen LogP contribution is -2.53. The molecule has 5 rings (SSSR count). The molecule has 2 aromatic carbocycles. The summed E-state index contributed by atoms with van der Waals surface area (Å²) in [5, 5.41) is 15.3. The van der Waals surface area contributed by atoms with Gasteiger partial charge in [-0.25, -0.2) is 10.2 Å². The van der Waals surface area contributed by atoms with Crippen molar-refractivity contribution in [1.82, 2.24) is 9.38 Å². The zero-order valence-electron chi connectivity index (χ0n) is 17.9. The van der Waals surface area contributed by atoms with Gasteiger partial charge in [-0.05, 0) is 37.3 Å². The number of morpholine rings is 1. The molecule has 8 heteroatoms. The normalized spacial score (nSPS) is 16.4. The number of anilines is 1. The van der Waals surface area contributed by atoms with E-state index in [1.165, 1.54) is 0 Å². The van der Waals surface area contributed by atoms with Gasteiger partial charge in [-0.2, -0.15) is 4.65 Å². The lowest BCUT2D eigenvalue weighted by Gasteiger charge is -2.33. The summed E-state index contributed by atoms with van der Waals surface area (Å²) >= 11 is 0. The number of hydroxylamine groups is 3. The lowest BCUT2D eigenvalue weighted by atomic mass is 10.1. The van der Waals surface area contributed by atoms with Crippen LogP contribution in [-0.4, -0.2) is 65.7 Å². The van der Waals surface area contributed by atoms with Crippen molar-refractivity contribution in [3.05, 3.63) is 46.4 Å². The van der Waals surface area contributed by atoms with Crippen LogP contribution in [0.5, 0.6) is 5.75 Å². The molecule has 162 valence electrons. The third kappa shape index (κ3) is 3.37. The van der Waals surface area contributed by atoms with Gasteiger partial charge in [-0.1, -0.05) is 0 Å². The number of aromatic nitrogens is 2. The fraction of sp³-hybridized carbons (Fsp3) is 0.391. The molecule has 4 aromatic rings. The molecule has 0 unspecified atom stereocenters. The number of fused-ring (bicyclic) bond motifs is 2. The number of ether oxygens (including phenoxy) is 2. The maximum absolute atomic E-state index is 13.5. The molecule has 31 heavy (non-hydrogen) atoms. The van der Waals surface area contributed by atoms with Gasteiger partial charge < -0.3 is 14.8 Å². The molecule has 0 aliphatic carbocycles. The molecule has 0 bridgehead atoms. The molecule has 0 spiro atoms. The van der Waals surface area contributed by atoms with E-state index < -0.39 is 0 Å². The Kier molecular flexibility index (Phi) is 4.92. The topological polar surface area (TPSA) is 85.1 Å². The SMILES string of the molecule is COc1ccc2c(c1)c(=O)c1c(NCCC[N+]3(O)CCOCC3)ccc3nc(C)n2c31. The highest BCUT2D eigenvalue weighted by atomic mass is 16.6. The van der Waals surface area contributed by atoms with Crippen LogP contribution in [0.15, 0.2) is 35.1 Å². The Morgan fingerprint density at radius 1 is 1.26 bits per heavy atom. The van der Waals surface area contributed by atoms with Gasteiger partial charge in [0.25, 0.3) is 0 Å². The predicted octanol–water partition coefficient (Wildman–Crippen LogP) is 2.79. The number of aryl methyl sites for hydroxylation is 1. The Bertz CT molecular complexity index is 1310. The number of pyridine rings is 1. The molecule has 0 saturated carbocycles. The van der Waals surface area contributed by atoms with Crippen LogP contribution >= 0.6 is 0 Å². The number of hydrogen-bond acceptors (Lipinski definition) is 6. The summed E-state index contributed by atoms with van der Waals surface area (Å²) in [6, 6.07) is 9.45. The van der Waals surface area contributed by atoms with Gasteiger partial charge in [-0.3, -0.25) is 9.20 Å². The van der Waals surface area contributed by atoms with E-state index in [0.717, 1.165) is 34.5 Å². The zero-order valence-corrected chi connectivity index (χ0v) is 17.9. The Balaban J connectivity index is 1.52. The average Bonchev–Trinajstić information content (AvgIpc) is 3.11. The van der Waals surface area contributed by atoms with Gasteiger partial charge in [0.15, 0.2) is 5.43 Å². The minimum absolute atomic E-state index is 0.0340. The van der Waals surface area contributed by atoms with Crippen LogP contribution in [0.1, 0.15) is 12.2 Å². The first kappa shape index (κ1) is 20.0. The van der Waals surface area contributed by atoms with E-state index in [4.69, 9.17) is 9.47 Å². The summed E-state index contributed by atoms with van der Waals surface area (Å²) < 4.78 is 12.8. The van der Waals surface area contributed by atoms with E-state index in [9.17, 15) is 10.0 Å². The fourth-order valence-corrected chi connectivity index (χ4v) is 4.61. The summed E-state index contributed by atoms with van der Waals surface area (Å²) in [6.07, 6.45) is 0.783. The standard InChI is InChI=1S/C23H26N4O4/c1-15-25-19-6-5-18(24-8-3-9-27(29)10-12-31-13-11-27)21-22(19)26(15)20-7-4-16(30-2)14-17(20)23(21)28/h4-7,14,29H,3,8-13H2,1-2H3/p+1. The molecule has 8 nitrogen and oxygen atoms in total. The molecule has 1 fully saturated rings. The van der Waals surface area contributed by atoms with Gasteiger partial charge in [0.05, 0.1) is 47.6 Å². The van der Waals surface area contributed by atoms with Crippen molar-refractivity contribution in [3.63, 3.8) is 0 Å². The number of nitrogens with zero attached hydrogens (tertiary/aromatic N) is 3. The average molecular weight is 423 g/mol. The Labute approximate surface area is 179 Å². The highest BCUT2D eigenvalue weighted by Crippen LogP contribution is 2.31. The van der Waals surface area contributed by atoms with Crippen molar-refractivity contribution in [2.75, 3.05) is 51.8 Å². The van der Waals surface area contributed by atoms with Crippen LogP contribution in [0.3, 0.4) is 0 Å². The lowest BCUT2D eigenvalue weighted by molar-refractivity contribution is -1.11. The number of benzene rings is 2. The van der Waals surface area contributed by atoms with E-state index in [-0.39, 0.29) is 10.1 Å². The first-order chi connectivity index (χ1) is 15.0. The third-order valence-electron chi connectivity index (χ3n) is 6.27.